The fourth-order valence-electron chi connectivity index (χ4n) is 0.850. The normalized spacial score (nSPS) is 12.7. The Labute approximate surface area is 58.1 Å². The zero-order chi connectivity index (χ0) is 7.11. The van der Waals surface area contributed by atoms with E-state index < -0.39 is 0 Å². The van der Waals surface area contributed by atoms with Gasteiger partial charge >= 0.3 is 0 Å². The average Bonchev–Trinajstić information content (AvgIpc) is 1.88. The maximum atomic E-state index is 9.94. The van der Waals surface area contributed by atoms with Crippen LogP contribution in [0.4, 0.5) is 0 Å². The lowest BCUT2D eigenvalue weighted by Gasteiger charge is -2.10. The summed E-state index contributed by atoms with van der Waals surface area (Å²) in [6.07, 6.45) is 4.05. The number of rotatable bonds is 5. The minimum atomic E-state index is 0. The van der Waals surface area contributed by atoms with E-state index in [-0.39, 0.29) is 1.43 Å². The number of hydrogen-bond donors (Lipinski definition) is 1. The smallest absolute Gasteiger partial charge is 0.207 e. The molecule has 0 aliphatic rings. The highest BCUT2D eigenvalue weighted by Gasteiger charge is 1.99. The molecule has 1 unspecified atom stereocenters. The molecular formula is C7H17NO. The van der Waals surface area contributed by atoms with Crippen molar-refractivity contribution >= 4 is 6.41 Å². The van der Waals surface area contributed by atoms with Crippen molar-refractivity contribution in [2.45, 2.75) is 39.2 Å². The van der Waals surface area contributed by atoms with E-state index in [1.54, 1.807) is 0 Å². The van der Waals surface area contributed by atoms with Crippen molar-refractivity contribution in [2.24, 2.45) is 0 Å². The van der Waals surface area contributed by atoms with E-state index in [2.05, 4.69) is 19.2 Å². The molecule has 9 heavy (non-hydrogen) atoms. The highest BCUT2D eigenvalue weighted by atomic mass is 16.1. The van der Waals surface area contributed by atoms with Crippen LogP contribution in [0.2, 0.25) is 0 Å². The Balaban J connectivity index is 0. The van der Waals surface area contributed by atoms with E-state index in [1.807, 2.05) is 0 Å². The van der Waals surface area contributed by atoms with Crippen LogP contribution in [0.5, 0.6) is 0 Å². The van der Waals surface area contributed by atoms with E-state index in [9.17, 15) is 4.79 Å². The zero-order valence-corrected chi connectivity index (χ0v) is 6.18. The van der Waals surface area contributed by atoms with Crippen molar-refractivity contribution in [1.29, 1.82) is 0 Å². The second-order valence-electron chi connectivity index (χ2n) is 2.18. The molecule has 0 bridgehead atoms. The maximum Gasteiger partial charge on any atom is 0.207 e. The Morgan fingerprint density at radius 3 is 2.67 bits per heavy atom. The predicted octanol–water partition coefficient (Wildman–Crippen LogP) is 1.56. The van der Waals surface area contributed by atoms with Gasteiger partial charge in [0.1, 0.15) is 0 Å². The van der Waals surface area contributed by atoms with E-state index >= 15 is 0 Å². The number of carbonyl (C=O) groups is 1. The molecule has 0 heterocycles. The van der Waals surface area contributed by atoms with Gasteiger partial charge in [-0.25, -0.2) is 0 Å². The molecule has 56 valence electrons. The Kier molecular flexibility index (Phi) is 5.27. The van der Waals surface area contributed by atoms with Crippen LogP contribution in [0.1, 0.15) is 34.5 Å². The van der Waals surface area contributed by atoms with Crippen molar-refractivity contribution < 1.29 is 6.22 Å². The molecule has 2 nitrogen and oxygen atoms in total. The van der Waals surface area contributed by atoms with Gasteiger partial charge in [0.2, 0.25) is 6.41 Å². The minimum Gasteiger partial charge on any atom is -0.356 e. The molecule has 0 aromatic carbocycles. The molecule has 0 aliphatic heterocycles. The Morgan fingerprint density at radius 1 is 1.67 bits per heavy atom. The molecule has 0 spiro atoms. The van der Waals surface area contributed by atoms with Gasteiger partial charge in [-0.3, -0.25) is 4.79 Å². The fourth-order valence-corrected chi connectivity index (χ4v) is 0.850. The molecule has 0 aromatic heterocycles. The molecule has 0 rings (SSSR count). The Morgan fingerprint density at radius 2 is 2.33 bits per heavy atom. The van der Waals surface area contributed by atoms with Gasteiger partial charge < -0.3 is 5.32 Å². The van der Waals surface area contributed by atoms with Crippen LogP contribution in [-0.2, 0) is 4.79 Å². The summed E-state index contributed by atoms with van der Waals surface area (Å²) >= 11 is 0. The van der Waals surface area contributed by atoms with E-state index in [4.69, 9.17) is 0 Å². The van der Waals surface area contributed by atoms with Crippen LogP contribution in [0, 0.1) is 0 Å². The molecule has 2 heteroatoms. The summed E-state index contributed by atoms with van der Waals surface area (Å²) in [4.78, 5) is 9.94. The minimum absolute atomic E-state index is 0. The van der Waals surface area contributed by atoms with Crippen molar-refractivity contribution in [1.82, 2.24) is 5.32 Å². The molecule has 0 saturated heterocycles. The summed E-state index contributed by atoms with van der Waals surface area (Å²) in [6.45, 7) is 4.20. The average molecular weight is 131 g/mol. The lowest BCUT2D eigenvalue weighted by Crippen LogP contribution is -2.26. The number of hydrogen-bond acceptors (Lipinski definition) is 1. The second-order valence-corrected chi connectivity index (χ2v) is 2.18. The third kappa shape index (κ3) is 4.01. The van der Waals surface area contributed by atoms with Gasteiger partial charge in [-0.05, 0) is 12.8 Å². The standard InChI is InChI=1S/C7H15NO.H2/c1-3-5-7(4-2)8-6-9;/h6-7H,3-5H2,1-2H3,(H,8,9);1H. The van der Waals surface area contributed by atoms with Crippen molar-refractivity contribution in [3.05, 3.63) is 0 Å². The lowest BCUT2D eigenvalue weighted by molar-refractivity contribution is -0.110. The number of nitrogens with one attached hydrogen (secondary N) is 1. The summed E-state index contributed by atoms with van der Waals surface area (Å²) < 4.78 is 0. The summed E-state index contributed by atoms with van der Waals surface area (Å²) in [6, 6.07) is 0.396. The van der Waals surface area contributed by atoms with Gasteiger partial charge in [0.05, 0.1) is 0 Å². The van der Waals surface area contributed by atoms with E-state index in [0.29, 0.717) is 6.04 Å². The number of amides is 1. The fraction of sp³-hybridized carbons (Fsp3) is 0.857. The first-order valence-electron chi connectivity index (χ1n) is 3.54. The SMILES string of the molecule is CCCC(CC)NC=O.[HH]. The molecule has 1 atom stereocenters. The molecule has 1 amide bonds. The topological polar surface area (TPSA) is 29.1 Å². The maximum absolute atomic E-state index is 9.94. The van der Waals surface area contributed by atoms with Crippen molar-refractivity contribution in [3.63, 3.8) is 0 Å². The highest BCUT2D eigenvalue weighted by molar-refractivity contribution is 5.46. The number of carbonyl (C=O) groups excluding carboxylic acids is 1. The van der Waals surface area contributed by atoms with Crippen molar-refractivity contribution in [2.75, 3.05) is 0 Å². The molecule has 0 fully saturated rings. The van der Waals surface area contributed by atoms with Crippen molar-refractivity contribution in [3.8, 4) is 0 Å². The molecular weight excluding hydrogens is 114 g/mol. The molecule has 0 radical (unpaired) electrons. The highest BCUT2D eigenvalue weighted by Crippen LogP contribution is 1.98. The summed E-state index contributed by atoms with van der Waals surface area (Å²) in [5, 5.41) is 2.75. The van der Waals surface area contributed by atoms with E-state index in [1.165, 1.54) is 0 Å². The van der Waals surface area contributed by atoms with Gasteiger partial charge in [0.25, 0.3) is 0 Å². The van der Waals surface area contributed by atoms with Gasteiger partial charge in [-0.15, -0.1) is 0 Å². The van der Waals surface area contributed by atoms with Crippen LogP contribution < -0.4 is 5.32 Å². The summed E-state index contributed by atoms with van der Waals surface area (Å²) in [5.41, 5.74) is 0. The molecule has 0 aromatic rings. The Hall–Kier alpha value is -0.530. The van der Waals surface area contributed by atoms with Crippen LogP contribution in [-0.4, -0.2) is 12.5 Å². The first kappa shape index (κ1) is 8.47. The quantitative estimate of drug-likeness (QED) is 0.564. The van der Waals surface area contributed by atoms with Gasteiger partial charge in [-0.2, -0.15) is 0 Å². The monoisotopic (exact) mass is 131 g/mol. The van der Waals surface area contributed by atoms with Gasteiger partial charge in [0.15, 0.2) is 0 Å². The van der Waals surface area contributed by atoms with Crippen LogP contribution in [0.15, 0.2) is 0 Å². The predicted molar refractivity (Wildman–Crippen MR) is 40.3 cm³/mol. The third-order valence-electron chi connectivity index (χ3n) is 1.43. The second kappa shape index (κ2) is 5.60. The van der Waals surface area contributed by atoms with Crippen LogP contribution in [0.3, 0.4) is 0 Å². The summed E-state index contributed by atoms with van der Waals surface area (Å²) in [5.74, 6) is 0. The first-order chi connectivity index (χ1) is 4.35. The molecule has 1 N–H and O–H groups in total. The van der Waals surface area contributed by atoms with E-state index in [0.717, 1.165) is 25.7 Å². The largest absolute Gasteiger partial charge is 0.356 e. The molecule has 0 saturated carbocycles. The third-order valence-corrected chi connectivity index (χ3v) is 1.43. The van der Waals surface area contributed by atoms with Crippen LogP contribution >= 0.6 is 0 Å². The first-order valence-corrected chi connectivity index (χ1v) is 3.54. The lowest BCUT2D eigenvalue weighted by atomic mass is 10.1. The summed E-state index contributed by atoms with van der Waals surface area (Å²) in [7, 11) is 0. The molecule has 0 aliphatic carbocycles. The Bertz CT molecular complexity index is 78.0. The van der Waals surface area contributed by atoms with Crippen LogP contribution in [0.25, 0.3) is 0 Å². The zero-order valence-electron chi connectivity index (χ0n) is 6.18. The van der Waals surface area contributed by atoms with Gasteiger partial charge in [-0.1, -0.05) is 20.3 Å². The van der Waals surface area contributed by atoms with Gasteiger partial charge in [0, 0.05) is 7.47 Å².